The van der Waals surface area contributed by atoms with Gasteiger partial charge in [-0.05, 0) is 85.0 Å². The van der Waals surface area contributed by atoms with Crippen molar-refractivity contribution >= 4 is 0 Å². The summed E-state index contributed by atoms with van der Waals surface area (Å²) in [6.07, 6.45) is 6.56. The Morgan fingerprint density at radius 2 is 1.23 bits per heavy atom. The van der Waals surface area contributed by atoms with E-state index >= 15 is 0 Å². The Balaban J connectivity index is 1.80. The molecule has 0 saturated heterocycles. The van der Waals surface area contributed by atoms with Crippen molar-refractivity contribution in [3.05, 3.63) is 95.1 Å². The Morgan fingerprint density at radius 1 is 0.654 bits per heavy atom. The molecule has 26 heavy (non-hydrogen) atoms. The summed E-state index contributed by atoms with van der Waals surface area (Å²) in [5.74, 6) is 0. The Kier molecular flexibility index (Phi) is 5.73. The van der Waals surface area contributed by atoms with Crippen LogP contribution in [0.3, 0.4) is 0 Å². The van der Waals surface area contributed by atoms with Gasteiger partial charge in [0.2, 0.25) is 0 Å². The monoisotopic (exact) mass is 340 g/mol. The third-order valence-corrected chi connectivity index (χ3v) is 5.38. The predicted octanol–water partition coefficient (Wildman–Crippen LogP) is 7.45. The molecular formula is C26H28. The van der Waals surface area contributed by atoms with Gasteiger partial charge in [0.05, 0.1) is 0 Å². The third kappa shape index (κ3) is 3.96. The highest BCUT2D eigenvalue weighted by atomic mass is 14.1. The zero-order chi connectivity index (χ0) is 18.5. The van der Waals surface area contributed by atoms with E-state index in [0.717, 1.165) is 12.8 Å². The van der Waals surface area contributed by atoms with Crippen molar-refractivity contribution in [2.45, 2.75) is 40.5 Å². The van der Waals surface area contributed by atoms with Crippen molar-refractivity contribution in [2.75, 3.05) is 0 Å². The van der Waals surface area contributed by atoms with Crippen LogP contribution in [0.1, 0.15) is 35.6 Å². The van der Waals surface area contributed by atoms with Crippen LogP contribution in [0.2, 0.25) is 0 Å². The fraction of sp³-hybridized carbons (Fsp3) is 0.231. The summed E-state index contributed by atoms with van der Waals surface area (Å²) in [5.41, 5.74) is 10.7. The summed E-state index contributed by atoms with van der Waals surface area (Å²) >= 11 is 0. The van der Waals surface area contributed by atoms with Gasteiger partial charge in [0.15, 0.2) is 0 Å². The van der Waals surface area contributed by atoms with Gasteiger partial charge in [0.25, 0.3) is 0 Å². The van der Waals surface area contributed by atoms with Crippen molar-refractivity contribution in [3.63, 3.8) is 0 Å². The third-order valence-electron chi connectivity index (χ3n) is 5.38. The predicted molar refractivity (Wildman–Crippen MR) is 115 cm³/mol. The molecule has 0 bridgehead atoms. The molecular weight excluding hydrogens is 312 g/mol. The van der Waals surface area contributed by atoms with Crippen molar-refractivity contribution < 1.29 is 0 Å². The molecule has 0 amide bonds. The molecule has 0 aliphatic carbocycles. The van der Waals surface area contributed by atoms with E-state index in [1.165, 1.54) is 44.5 Å². The van der Waals surface area contributed by atoms with Gasteiger partial charge in [-0.2, -0.15) is 0 Å². The van der Waals surface area contributed by atoms with Crippen LogP contribution in [0.15, 0.2) is 72.8 Å². The van der Waals surface area contributed by atoms with Crippen molar-refractivity contribution in [1.82, 2.24) is 0 Å². The molecule has 0 saturated carbocycles. The normalized spacial score (nSPS) is 11.2. The molecule has 0 fully saturated rings. The summed E-state index contributed by atoms with van der Waals surface area (Å²) < 4.78 is 0. The Bertz CT molecular complexity index is 894. The van der Waals surface area contributed by atoms with E-state index in [4.69, 9.17) is 0 Å². The van der Waals surface area contributed by atoms with Crippen LogP contribution in [0.25, 0.3) is 22.3 Å². The minimum Gasteiger partial charge on any atom is -0.0917 e. The zero-order valence-electron chi connectivity index (χ0n) is 16.3. The highest BCUT2D eigenvalue weighted by Crippen LogP contribution is 2.29. The van der Waals surface area contributed by atoms with Gasteiger partial charge in [0.1, 0.15) is 0 Å². The molecule has 132 valence electrons. The van der Waals surface area contributed by atoms with Crippen LogP contribution < -0.4 is 0 Å². The van der Waals surface area contributed by atoms with Gasteiger partial charge in [-0.15, -0.1) is 0 Å². The van der Waals surface area contributed by atoms with E-state index in [1.807, 2.05) is 0 Å². The molecule has 0 aliphatic heterocycles. The lowest BCUT2D eigenvalue weighted by atomic mass is 9.93. The molecule has 0 heterocycles. The van der Waals surface area contributed by atoms with E-state index < -0.39 is 0 Å². The topological polar surface area (TPSA) is 0 Å². The second-order valence-electron chi connectivity index (χ2n) is 7.06. The minimum atomic E-state index is 1.11. The maximum absolute atomic E-state index is 2.25. The summed E-state index contributed by atoms with van der Waals surface area (Å²) in [4.78, 5) is 0. The number of hydrogen-bond acceptors (Lipinski definition) is 0. The number of hydrogen-bond donors (Lipinski definition) is 0. The van der Waals surface area contributed by atoms with Crippen LogP contribution in [-0.4, -0.2) is 0 Å². The van der Waals surface area contributed by atoms with Crippen LogP contribution in [0, 0.1) is 20.8 Å². The molecule has 0 nitrogen and oxygen atoms in total. The molecule has 0 atom stereocenters. The van der Waals surface area contributed by atoms with Gasteiger partial charge in [-0.25, -0.2) is 0 Å². The number of allylic oxidation sites excluding steroid dienone is 2. The van der Waals surface area contributed by atoms with Crippen LogP contribution in [0.5, 0.6) is 0 Å². The molecule has 0 radical (unpaired) electrons. The molecule has 0 spiro atoms. The molecule has 0 heteroatoms. The fourth-order valence-corrected chi connectivity index (χ4v) is 3.39. The Labute approximate surface area is 158 Å². The second kappa shape index (κ2) is 8.19. The highest BCUT2D eigenvalue weighted by molar-refractivity contribution is 5.73. The molecule has 3 aromatic carbocycles. The Hall–Kier alpha value is -2.60. The summed E-state index contributed by atoms with van der Waals surface area (Å²) in [6.45, 7) is 8.68. The smallest absolute Gasteiger partial charge is 0.0152 e. The Morgan fingerprint density at radius 3 is 1.85 bits per heavy atom. The average Bonchev–Trinajstić information content (AvgIpc) is 2.67. The molecule has 3 aromatic rings. The summed E-state index contributed by atoms with van der Waals surface area (Å²) in [6, 6.07) is 22.4. The molecule has 0 unspecified atom stereocenters. The first-order valence-corrected chi connectivity index (χ1v) is 9.48. The molecule has 0 aromatic heterocycles. The quantitative estimate of drug-likeness (QED) is 0.423. The van der Waals surface area contributed by atoms with Crippen molar-refractivity contribution in [1.29, 1.82) is 0 Å². The maximum atomic E-state index is 2.25. The minimum absolute atomic E-state index is 1.11. The number of aryl methyl sites for hydroxylation is 2. The van der Waals surface area contributed by atoms with Crippen molar-refractivity contribution in [3.8, 4) is 22.3 Å². The highest BCUT2D eigenvalue weighted by Gasteiger charge is 2.06. The van der Waals surface area contributed by atoms with E-state index in [-0.39, 0.29) is 0 Å². The lowest BCUT2D eigenvalue weighted by Gasteiger charge is -2.12. The van der Waals surface area contributed by atoms with Crippen LogP contribution >= 0.6 is 0 Å². The van der Waals surface area contributed by atoms with Gasteiger partial charge in [-0.1, -0.05) is 72.8 Å². The summed E-state index contributed by atoms with van der Waals surface area (Å²) in [5, 5.41) is 0. The first kappa shape index (κ1) is 18.2. The largest absolute Gasteiger partial charge is 0.0917 e. The van der Waals surface area contributed by atoms with E-state index in [9.17, 15) is 0 Å². The standard InChI is InChI=1S/C26H28/c1-5-6-7-8-22-10-12-23(13-11-22)24-14-16-25(17-15-24)26-18-9-19(2)20(3)21(26)4/h5-6,9-18H,7-8H2,1-4H3/b6-5+. The molecule has 0 aliphatic rings. The van der Waals surface area contributed by atoms with Gasteiger partial charge < -0.3 is 0 Å². The van der Waals surface area contributed by atoms with Gasteiger partial charge in [-0.3, -0.25) is 0 Å². The number of rotatable bonds is 5. The SMILES string of the molecule is C/C=C/CCc1ccc(-c2ccc(-c3ccc(C)c(C)c3C)cc2)cc1. The second-order valence-corrected chi connectivity index (χ2v) is 7.06. The van der Waals surface area contributed by atoms with E-state index in [0.29, 0.717) is 0 Å². The molecule has 3 rings (SSSR count). The van der Waals surface area contributed by atoms with E-state index in [2.05, 4.69) is 101 Å². The van der Waals surface area contributed by atoms with Gasteiger partial charge >= 0.3 is 0 Å². The maximum Gasteiger partial charge on any atom is -0.0152 e. The first-order valence-electron chi connectivity index (χ1n) is 9.48. The van der Waals surface area contributed by atoms with Crippen LogP contribution in [0.4, 0.5) is 0 Å². The average molecular weight is 341 g/mol. The molecule has 0 N–H and O–H groups in total. The van der Waals surface area contributed by atoms with Crippen molar-refractivity contribution in [2.24, 2.45) is 0 Å². The van der Waals surface area contributed by atoms with Gasteiger partial charge in [0, 0.05) is 0 Å². The fourth-order valence-electron chi connectivity index (χ4n) is 3.39. The first-order chi connectivity index (χ1) is 12.6. The number of benzene rings is 3. The lowest BCUT2D eigenvalue weighted by molar-refractivity contribution is 1.000. The summed E-state index contributed by atoms with van der Waals surface area (Å²) in [7, 11) is 0. The zero-order valence-corrected chi connectivity index (χ0v) is 16.3. The van der Waals surface area contributed by atoms with Crippen LogP contribution in [-0.2, 0) is 6.42 Å². The van der Waals surface area contributed by atoms with E-state index in [1.54, 1.807) is 0 Å². The lowest BCUT2D eigenvalue weighted by Crippen LogP contribution is -1.91.